The van der Waals surface area contributed by atoms with E-state index in [1.165, 1.54) is 5.56 Å². The molecule has 1 N–H and O–H groups in total. The van der Waals surface area contributed by atoms with Crippen molar-refractivity contribution in [1.29, 1.82) is 0 Å². The molecule has 0 aromatic heterocycles. The lowest BCUT2D eigenvalue weighted by atomic mass is 9.94. The molecule has 1 aromatic carbocycles. The van der Waals surface area contributed by atoms with E-state index in [-0.39, 0.29) is 0 Å². The average Bonchev–Trinajstić information content (AvgIpc) is 2.56. The summed E-state index contributed by atoms with van der Waals surface area (Å²) in [4.78, 5) is 5.04. The maximum atomic E-state index is 11.5. The van der Waals surface area contributed by atoms with Crippen LogP contribution in [-0.2, 0) is 10.8 Å². The Hall–Kier alpha value is -0.170. The molecular weight excluding hydrogens is 377 g/mol. The van der Waals surface area contributed by atoms with Crippen LogP contribution in [0.2, 0.25) is 10.0 Å². The SMILES string of the molecule is CNC[C@@H](CCN1CC(N2CCS(=O)CC2)C1)c1ccc(Cl)c(Cl)c1. The van der Waals surface area contributed by atoms with Crippen molar-refractivity contribution in [2.45, 2.75) is 18.4 Å². The van der Waals surface area contributed by atoms with Crippen LogP contribution in [0.15, 0.2) is 18.2 Å². The van der Waals surface area contributed by atoms with E-state index in [1.807, 2.05) is 19.2 Å². The van der Waals surface area contributed by atoms with Gasteiger partial charge in [0, 0.05) is 61.1 Å². The largest absolute Gasteiger partial charge is 0.319 e. The predicted octanol–water partition coefficient (Wildman–Crippen LogP) is 2.44. The lowest BCUT2D eigenvalue weighted by Gasteiger charge is -2.47. The van der Waals surface area contributed by atoms with E-state index >= 15 is 0 Å². The van der Waals surface area contributed by atoms with Crippen LogP contribution in [0.25, 0.3) is 0 Å². The lowest BCUT2D eigenvalue weighted by molar-refractivity contribution is 0.0375. The third-order valence-corrected chi connectivity index (χ3v) is 7.34. The van der Waals surface area contributed by atoms with Gasteiger partial charge in [-0.05, 0) is 43.6 Å². The fraction of sp³-hybridized carbons (Fsp3) is 0.667. The highest BCUT2D eigenvalue weighted by Gasteiger charge is 2.33. The van der Waals surface area contributed by atoms with Crippen LogP contribution in [0.5, 0.6) is 0 Å². The van der Waals surface area contributed by atoms with Crippen molar-refractivity contribution in [2.75, 3.05) is 57.8 Å². The molecule has 0 unspecified atom stereocenters. The Bertz CT molecular complexity index is 600. The molecule has 3 rings (SSSR count). The molecule has 2 aliphatic rings. The standard InChI is InChI=1S/C18H27Cl2N3OS/c1-21-11-15(14-2-3-17(19)18(20)10-14)4-5-22-12-16(13-22)23-6-8-25(24)9-7-23/h2-3,10,15-16,21H,4-9,11-13H2,1H3/t15-/m1/s1. The Morgan fingerprint density at radius 2 is 1.96 bits per heavy atom. The number of likely N-dealkylation sites (N-methyl/N-ethyl adjacent to an activating group) is 1. The minimum absolute atomic E-state index is 0.441. The molecule has 2 aliphatic heterocycles. The van der Waals surface area contributed by atoms with E-state index in [2.05, 4.69) is 21.2 Å². The molecule has 0 saturated carbocycles. The fourth-order valence-electron chi connectivity index (χ4n) is 3.71. The molecule has 140 valence electrons. The molecule has 7 heteroatoms. The molecule has 0 spiro atoms. The summed E-state index contributed by atoms with van der Waals surface area (Å²) in [6.45, 7) is 6.31. The van der Waals surface area contributed by atoms with Gasteiger partial charge in [0.15, 0.2) is 0 Å². The van der Waals surface area contributed by atoms with Crippen molar-refractivity contribution in [3.63, 3.8) is 0 Å². The summed E-state index contributed by atoms with van der Waals surface area (Å²) in [5.41, 5.74) is 1.25. The third kappa shape index (κ3) is 5.18. The van der Waals surface area contributed by atoms with E-state index in [0.29, 0.717) is 22.0 Å². The molecule has 2 saturated heterocycles. The predicted molar refractivity (Wildman–Crippen MR) is 107 cm³/mol. The van der Waals surface area contributed by atoms with Gasteiger partial charge in [-0.2, -0.15) is 0 Å². The zero-order valence-corrected chi connectivity index (χ0v) is 17.0. The van der Waals surface area contributed by atoms with Crippen LogP contribution in [0.3, 0.4) is 0 Å². The highest BCUT2D eigenvalue weighted by Crippen LogP contribution is 2.28. The molecule has 2 fully saturated rings. The Balaban J connectivity index is 1.46. The van der Waals surface area contributed by atoms with Crippen LogP contribution < -0.4 is 5.32 Å². The topological polar surface area (TPSA) is 35.6 Å². The van der Waals surface area contributed by atoms with Gasteiger partial charge < -0.3 is 10.2 Å². The summed E-state index contributed by atoms with van der Waals surface area (Å²) in [5, 5.41) is 4.54. The first kappa shape index (κ1) is 19.6. The summed E-state index contributed by atoms with van der Waals surface area (Å²) in [5.74, 6) is 2.13. The van der Waals surface area contributed by atoms with Gasteiger partial charge in [-0.1, -0.05) is 29.3 Å². The summed E-state index contributed by atoms with van der Waals surface area (Å²) < 4.78 is 11.5. The fourth-order valence-corrected chi connectivity index (χ4v) is 5.10. The van der Waals surface area contributed by atoms with Gasteiger partial charge in [-0.3, -0.25) is 9.11 Å². The van der Waals surface area contributed by atoms with Gasteiger partial charge >= 0.3 is 0 Å². The molecule has 0 bridgehead atoms. The Labute approximate surface area is 163 Å². The molecular formula is C18H27Cl2N3OS. The summed E-state index contributed by atoms with van der Waals surface area (Å²) >= 11 is 12.2. The van der Waals surface area contributed by atoms with Crippen LogP contribution >= 0.6 is 23.2 Å². The number of likely N-dealkylation sites (tertiary alicyclic amines) is 1. The molecule has 2 heterocycles. The number of hydrogen-bond acceptors (Lipinski definition) is 4. The molecule has 0 aliphatic carbocycles. The number of rotatable bonds is 7. The maximum absolute atomic E-state index is 11.5. The van der Waals surface area contributed by atoms with Crippen molar-refractivity contribution < 1.29 is 4.21 Å². The zero-order chi connectivity index (χ0) is 17.8. The average molecular weight is 404 g/mol. The first-order chi connectivity index (χ1) is 12.1. The van der Waals surface area contributed by atoms with Gasteiger partial charge in [0.1, 0.15) is 0 Å². The van der Waals surface area contributed by atoms with E-state index < -0.39 is 10.8 Å². The van der Waals surface area contributed by atoms with E-state index in [0.717, 1.165) is 57.2 Å². The summed E-state index contributed by atoms with van der Waals surface area (Å²) in [6.07, 6.45) is 1.11. The molecule has 25 heavy (non-hydrogen) atoms. The van der Waals surface area contributed by atoms with Crippen molar-refractivity contribution in [1.82, 2.24) is 15.1 Å². The molecule has 4 nitrogen and oxygen atoms in total. The Morgan fingerprint density at radius 3 is 2.60 bits per heavy atom. The normalized spacial score (nSPS) is 22.0. The lowest BCUT2D eigenvalue weighted by Crippen LogP contribution is -2.61. The molecule has 0 radical (unpaired) electrons. The summed E-state index contributed by atoms with van der Waals surface area (Å²) in [6, 6.07) is 6.63. The van der Waals surface area contributed by atoms with Crippen molar-refractivity contribution >= 4 is 34.0 Å². The minimum Gasteiger partial charge on any atom is -0.319 e. The monoisotopic (exact) mass is 403 g/mol. The van der Waals surface area contributed by atoms with E-state index in [1.54, 1.807) is 0 Å². The first-order valence-corrected chi connectivity index (χ1v) is 11.2. The van der Waals surface area contributed by atoms with Crippen molar-refractivity contribution in [2.24, 2.45) is 0 Å². The number of nitrogens with zero attached hydrogens (tertiary/aromatic N) is 2. The minimum atomic E-state index is -0.583. The quantitative estimate of drug-likeness (QED) is 0.757. The smallest absolute Gasteiger partial charge is 0.0595 e. The van der Waals surface area contributed by atoms with E-state index in [4.69, 9.17) is 23.2 Å². The highest BCUT2D eigenvalue weighted by molar-refractivity contribution is 7.85. The van der Waals surface area contributed by atoms with Crippen molar-refractivity contribution in [3.05, 3.63) is 33.8 Å². The first-order valence-electron chi connectivity index (χ1n) is 8.97. The van der Waals surface area contributed by atoms with Crippen LogP contribution in [0.1, 0.15) is 17.9 Å². The summed E-state index contributed by atoms with van der Waals surface area (Å²) in [7, 11) is 1.41. The van der Waals surface area contributed by atoms with Gasteiger partial charge in [0.05, 0.1) is 10.0 Å². The van der Waals surface area contributed by atoms with Gasteiger partial charge in [0.25, 0.3) is 0 Å². The third-order valence-electron chi connectivity index (χ3n) is 5.33. The van der Waals surface area contributed by atoms with Crippen LogP contribution in [-0.4, -0.2) is 77.9 Å². The molecule has 1 atom stereocenters. The van der Waals surface area contributed by atoms with Gasteiger partial charge in [0.2, 0.25) is 0 Å². The Kier molecular flexibility index (Phi) is 7.17. The van der Waals surface area contributed by atoms with Gasteiger partial charge in [-0.25, -0.2) is 0 Å². The van der Waals surface area contributed by atoms with Crippen LogP contribution in [0, 0.1) is 0 Å². The molecule has 1 aromatic rings. The second kappa shape index (κ2) is 9.16. The molecule has 0 amide bonds. The number of benzene rings is 1. The number of hydrogen-bond donors (Lipinski definition) is 1. The van der Waals surface area contributed by atoms with E-state index in [9.17, 15) is 4.21 Å². The second-order valence-corrected chi connectivity index (χ2v) is 9.52. The maximum Gasteiger partial charge on any atom is 0.0595 e. The highest BCUT2D eigenvalue weighted by atomic mass is 35.5. The van der Waals surface area contributed by atoms with Crippen LogP contribution in [0.4, 0.5) is 0 Å². The second-order valence-electron chi connectivity index (χ2n) is 7.01. The Morgan fingerprint density at radius 1 is 1.24 bits per heavy atom. The van der Waals surface area contributed by atoms with Gasteiger partial charge in [-0.15, -0.1) is 0 Å². The number of halogens is 2. The van der Waals surface area contributed by atoms with Crippen molar-refractivity contribution in [3.8, 4) is 0 Å². The number of nitrogens with one attached hydrogen (secondary N) is 1. The zero-order valence-electron chi connectivity index (χ0n) is 14.7.